The molecule has 2 rings (SSSR count). The molecule has 9 heavy (non-hydrogen) atoms. The largest absolute Gasteiger partial charge is 0.374 e. The predicted octanol–water partition coefficient (Wildman–Crippen LogP) is -0.384. The van der Waals surface area contributed by atoms with Crippen LogP contribution in [-0.4, -0.2) is 36.6 Å². The minimum atomic E-state index is 0.347. The number of carbonyl (C=O) groups excluding carboxylic acids is 1. The molecule has 2 aliphatic rings. The summed E-state index contributed by atoms with van der Waals surface area (Å²) in [4.78, 5) is 12.1. The number of ether oxygens (including phenoxy) is 1. The summed E-state index contributed by atoms with van der Waals surface area (Å²) in [5, 5.41) is 0. The average molecular weight is 127 g/mol. The molecule has 2 atom stereocenters. The highest BCUT2D eigenvalue weighted by Crippen LogP contribution is 2.25. The first kappa shape index (κ1) is 5.23. The first-order valence-electron chi connectivity index (χ1n) is 3.23. The fourth-order valence-corrected chi connectivity index (χ4v) is 1.56. The molecule has 0 unspecified atom stereocenters. The maximum absolute atomic E-state index is 10.3. The molecule has 0 aromatic rings. The van der Waals surface area contributed by atoms with Crippen molar-refractivity contribution in [2.24, 2.45) is 0 Å². The Balaban J connectivity index is 2.09. The number of carbonyl (C=O) groups is 1. The van der Waals surface area contributed by atoms with Gasteiger partial charge < -0.3 is 9.64 Å². The van der Waals surface area contributed by atoms with Gasteiger partial charge in [-0.05, 0) is 6.42 Å². The second-order valence-electron chi connectivity index (χ2n) is 2.65. The molecular weight excluding hydrogens is 118 g/mol. The van der Waals surface area contributed by atoms with Crippen molar-refractivity contribution in [1.29, 1.82) is 0 Å². The van der Waals surface area contributed by atoms with E-state index in [2.05, 4.69) is 0 Å². The lowest BCUT2D eigenvalue weighted by Crippen LogP contribution is -2.35. The molecule has 3 heteroatoms. The molecule has 2 saturated heterocycles. The average Bonchev–Trinajstić information content (AvgIpc) is 2.45. The standard InChI is InChI=1S/C6H9NO2/c8-4-7-2-6-1-5(7)3-9-6/h4-6H,1-3H2/t5-,6-/m0/s1. The van der Waals surface area contributed by atoms with E-state index in [1.54, 1.807) is 0 Å². The summed E-state index contributed by atoms with van der Waals surface area (Å²) in [6.07, 6.45) is 2.33. The topological polar surface area (TPSA) is 29.5 Å². The van der Waals surface area contributed by atoms with Crippen LogP contribution in [0.2, 0.25) is 0 Å². The van der Waals surface area contributed by atoms with Crippen LogP contribution in [0.1, 0.15) is 6.42 Å². The van der Waals surface area contributed by atoms with Gasteiger partial charge in [-0.1, -0.05) is 0 Å². The smallest absolute Gasteiger partial charge is 0.210 e. The van der Waals surface area contributed by atoms with Crippen molar-refractivity contribution in [3.8, 4) is 0 Å². The van der Waals surface area contributed by atoms with Crippen LogP contribution in [0.4, 0.5) is 0 Å². The predicted molar refractivity (Wildman–Crippen MR) is 30.9 cm³/mol. The van der Waals surface area contributed by atoms with E-state index >= 15 is 0 Å². The number of likely N-dealkylation sites (tertiary alicyclic amines) is 1. The Morgan fingerprint density at radius 1 is 1.67 bits per heavy atom. The van der Waals surface area contributed by atoms with Crippen LogP contribution in [0.3, 0.4) is 0 Å². The van der Waals surface area contributed by atoms with Gasteiger partial charge in [-0.3, -0.25) is 4.79 Å². The molecule has 0 aromatic carbocycles. The molecule has 0 aromatic heterocycles. The minimum Gasteiger partial charge on any atom is -0.374 e. The summed E-state index contributed by atoms with van der Waals surface area (Å²) < 4.78 is 5.28. The lowest BCUT2D eigenvalue weighted by Gasteiger charge is -2.21. The zero-order chi connectivity index (χ0) is 6.27. The van der Waals surface area contributed by atoms with Gasteiger partial charge in [0.15, 0.2) is 0 Å². The molecule has 2 bridgehead atoms. The lowest BCUT2D eigenvalue weighted by atomic mass is 10.2. The maximum atomic E-state index is 10.3. The van der Waals surface area contributed by atoms with Crippen LogP contribution in [0.5, 0.6) is 0 Å². The molecule has 0 spiro atoms. The molecule has 2 fully saturated rings. The van der Waals surface area contributed by atoms with Crippen molar-refractivity contribution in [3.63, 3.8) is 0 Å². The van der Waals surface area contributed by atoms with Crippen LogP contribution >= 0.6 is 0 Å². The van der Waals surface area contributed by atoms with Gasteiger partial charge in [0.2, 0.25) is 6.41 Å². The monoisotopic (exact) mass is 127 g/mol. The number of hydrogen-bond acceptors (Lipinski definition) is 2. The van der Waals surface area contributed by atoms with Gasteiger partial charge in [-0.2, -0.15) is 0 Å². The number of fused-ring (bicyclic) bond motifs is 2. The van der Waals surface area contributed by atoms with Crippen molar-refractivity contribution >= 4 is 6.41 Å². The Morgan fingerprint density at radius 3 is 2.89 bits per heavy atom. The quantitative estimate of drug-likeness (QED) is 0.449. The molecule has 1 amide bonds. The van der Waals surface area contributed by atoms with E-state index in [1.807, 2.05) is 4.90 Å². The normalized spacial score (nSPS) is 39.8. The molecule has 2 heterocycles. The van der Waals surface area contributed by atoms with Gasteiger partial charge in [0.1, 0.15) is 0 Å². The van der Waals surface area contributed by atoms with E-state index in [0.29, 0.717) is 12.1 Å². The SMILES string of the molecule is O=CN1C[C@@H]2C[C@H]1CO2. The van der Waals surface area contributed by atoms with E-state index in [0.717, 1.165) is 26.0 Å². The summed E-state index contributed by atoms with van der Waals surface area (Å²) in [5.41, 5.74) is 0. The summed E-state index contributed by atoms with van der Waals surface area (Å²) in [6.45, 7) is 1.57. The zero-order valence-corrected chi connectivity index (χ0v) is 5.12. The highest BCUT2D eigenvalue weighted by Gasteiger charge is 2.37. The van der Waals surface area contributed by atoms with E-state index < -0.39 is 0 Å². The fourth-order valence-electron chi connectivity index (χ4n) is 1.56. The number of hydrogen-bond donors (Lipinski definition) is 0. The lowest BCUT2D eigenvalue weighted by molar-refractivity contribution is -0.122. The summed E-state index contributed by atoms with van der Waals surface area (Å²) in [7, 11) is 0. The Hall–Kier alpha value is -0.570. The number of amides is 1. The Kier molecular flexibility index (Phi) is 0.990. The molecular formula is C6H9NO2. The van der Waals surface area contributed by atoms with E-state index in [9.17, 15) is 4.79 Å². The second-order valence-corrected chi connectivity index (χ2v) is 2.65. The van der Waals surface area contributed by atoms with Gasteiger partial charge in [0, 0.05) is 6.54 Å². The van der Waals surface area contributed by atoms with Crippen molar-refractivity contribution in [1.82, 2.24) is 4.90 Å². The summed E-state index contributed by atoms with van der Waals surface area (Å²) >= 11 is 0. The van der Waals surface area contributed by atoms with Gasteiger partial charge >= 0.3 is 0 Å². The Bertz CT molecular complexity index is 137. The van der Waals surface area contributed by atoms with Crippen molar-refractivity contribution in [3.05, 3.63) is 0 Å². The van der Waals surface area contributed by atoms with Crippen molar-refractivity contribution in [2.75, 3.05) is 13.2 Å². The number of morpholine rings is 1. The van der Waals surface area contributed by atoms with Crippen LogP contribution in [-0.2, 0) is 9.53 Å². The number of rotatable bonds is 1. The summed E-state index contributed by atoms with van der Waals surface area (Å²) in [5.74, 6) is 0. The minimum absolute atomic E-state index is 0.347. The van der Waals surface area contributed by atoms with Crippen LogP contribution < -0.4 is 0 Å². The highest BCUT2D eigenvalue weighted by atomic mass is 16.5. The second kappa shape index (κ2) is 1.70. The first-order valence-corrected chi connectivity index (χ1v) is 3.23. The van der Waals surface area contributed by atoms with Gasteiger partial charge in [0.25, 0.3) is 0 Å². The van der Waals surface area contributed by atoms with Gasteiger partial charge in [0.05, 0.1) is 18.8 Å². The third-order valence-corrected chi connectivity index (χ3v) is 2.08. The van der Waals surface area contributed by atoms with E-state index in [1.165, 1.54) is 0 Å². The Morgan fingerprint density at radius 2 is 2.56 bits per heavy atom. The fraction of sp³-hybridized carbons (Fsp3) is 0.833. The Labute approximate surface area is 53.6 Å². The zero-order valence-electron chi connectivity index (χ0n) is 5.12. The number of nitrogens with zero attached hydrogens (tertiary/aromatic N) is 1. The maximum Gasteiger partial charge on any atom is 0.210 e. The van der Waals surface area contributed by atoms with E-state index in [4.69, 9.17) is 4.74 Å². The van der Waals surface area contributed by atoms with Crippen molar-refractivity contribution < 1.29 is 9.53 Å². The van der Waals surface area contributed by atoms with Crippen molar-refractivity contribution in [2.45, 2.75) is 18.6 Å². The highest BCUT2D eigenvalue weighted by molar-refractivity contribution is 5.49. The van der Waals surface area contributed by atoms with Crippen LogP contribution in [0.25, 0.3) is 0 Å². The van der Waals surface area contributed by atoms with E-state index in [-0.39, 0.29) is 0 Å². The first-order chi connectivity index (χ1) is 4.40. The molecule has 50 valence electrons. The molecule has 0 radical (unpaired) electrons. The van der Waals surface area contributed by atoms with Gasteiger partial charge in [-0.15, -0.1) is 0 Å². The molecule has 3 nitrogen and oxygen atoms in total. The molecule has 0 N–H and O–H groups in total. The molecule has 0 saturated carbocycles. The van der Waals surface area contributed by atoms with Crippen LogP contribution in [0.15, 0.2) is 0 Å². The third-order valence-electron chi connectivity index (χ3n) is 2.08. The molecule has 2 aliphatic heterocycles. The molecule has 0 aliphatic carbocycles. The third kappa shape index (κ3) is 0.645. The van der Waals surface area contributed by atoms with Crippen LogP contribution in [0, 0.1) is 0 Å². The van der Waals surface area contributed by atoms with Gasteiger partial charge in [-0.25, -0.2) is 0 Å². The summed E-state index contributed by atoms with van der Waals surface area (Å²) in [6, 6.07) is 0.396.